The summed E-state index contributed by atoms with van der Waals surface area (Å²) in [5.41, 5.74) is 3.92. The maximum Gasteiger partial charge on any atom is 0.168 e. The first-order valence-electron chi connectivity index (χ1n) is 10.2. The molecule has 1 aliphatic heterocycles. The normalized spacial score (nSPS) is 16.0. The minimum absolute atomic E-state index is 0.0511. The molecule has 1 atom stereocenters. The lowest BCUT2D eigenvalue weighted by Crippen LogP contribution is -2.16. The monoisotopic (exact) mass is 422 g/mol. The van der Waals surface area contributed by atoms with Crippen molar-refractivity contribution >= 4 is 17.5 Å². The van der Waals surface area contributed by atoms with Crippen molar-refractivity contribution in [3.05, 3.63) is 65.9 Å². The molecule has 1 aromatic heterocycles. The number of benzene rings is 2. The molecule has 0 amide bonds. The van der Waals surface area contributed by atoms with Crippen LogP contribution in [0.2, 0.25) is 0 Å². The number of hydrogen-bond acceptors (Lipinski definition) is 5. The van der Waals surface area contributed by atoms with Crippen molar-refractivity contribution in [2.75, 3.05) is 13.7 Å². The van der Waals surface area contributed by atoms with Gasteiger partial charge in [0, 0.05) is 23.5 Å². The first kappa shape index (κ1) is 20.7. The van der Waals surface area contributed by atoms with Crippen LogP contribution in [0.5, 0.6) is 5.75 Å². The lowest BCUT2D eigenvalue weighted by Gasteiger charge is -2.16. The number of carbonyl (C=O) groups is 1. The summed E-state index contributed by atoms with van der Waals surface area (Å²) in [7, 11) is 1.66. The minimum atomic E-state index is 0.0511. The van der Waals surface area contributed by atoms with Gasteiger partial charge in [-0.25, -0.2) is 4.98 Å². The van der Waals surface area contributed by atoms with Crippen molar-refractivity contribution in [2.24, 2.45) is 0 Å². The maximum absolute atomic E-state index is 11.8. The van der Waals surface area contributed by atoms with Crippen LogP contribution in [0.1, 0.15) is 35.7 Å². The molecule has 1 unspecified atom stereocenters. The van der Waals surface area contributed by atoms with Gasteiger partial charge < -0.3 is 14.0 Å². The summed E-state index contributed by atoms with van der Waals surface area (Å²) in [4.78, 5) is 16.5. The van der Waals surface area contributed by atoms with Crippen LogP contribution in [0.3, 0.4) is 0 Å². The fourth-order valence-electron chi connectivity index (χ4n) is 3.73. The van der Waals surface area contributed by atoms with Gasteiger partial charge in [0.2, 0.25) is 0 Å². The Bertz CT molecular complexity index is 1010. The second-order valence-corrected chi connectivity index (χ2v) is 8.35. The Labute approximate surface area is 181 Å². The number of aromatic nitrogens is 2. The van der Waals surface area contributed by atoms with E-state index in [0.29, 0.717) is 11.3 Å². The fourth-order valence-corrected chi connectivity index (χ4v) is 4.70. The molecule has 0 saturated carbocycles. The number of thioether (sulfide) groups is 1. The number of imidazole rings is 1. The molecule has 1 fully saturated rings. The highest BCUT2D eigenvalue weighted by Gasteiger charge is 2.21. The van der Waals surface area contributed by atoms with Crippen molar-refractivity contribution < 1.29 is 14.3 Å². The van der Waals surface area contributed by atoms with E-state index in [-0.39, 0.29) is 11.9 Å². The zero-order valence-corrected chi connectivity index (χ0v) is 18.2. The summed E-state index contributed by atoms with van der Waals surface area (Å²) < 4.78 is 13.7. The number of ether oxygens (including phenoxy) is 2. The summed E-state index contributed by atoms with van der Waals surface area (Å²) in [6.07, 6.45) is 4.34. The molecule has 4 rings (SSSR count). The number of nitrogens with zero attached hydrogens (tertiary/aromatic N) is 2. The molecule has 0 radical (unpaired) electrons. The van der Waals surface area contributed by atoms with E-state index in [2.05, 4.69) is 16.7 Å². The van der Waals surface area contributed by atoms with E-state index in [0.717, 1.165) is 53.7 Å². The smallest absolute Gasteiger partial charge is 0.168 e. The van der Waals surface area contributed by atoms with E-state index in [1.54, 1.807) is 31.9 Å². The van der Waals surface area contributed by atoms with Gasteiger partial charge in [-0.3, -0.25) is 4.79 Å². The highest BCUT2D eigenvalue weighted by atomic mass is 32.2. The van der Waals surface area contributed by atoms with Crippen molar-refractivity contribution in [3.63, 3.8) is 0 Å². The summed E-state index contributed by atoms with van der Waals surface area (Å²) in [6.45, 7) is 3.20. The molecule has 5 nitrogen and oxygen atoms in total. The lowest BCUT2D eigenvalue weighted by molar-refractivity contribution is 0.0953. The minimum Gasteiger partial charge on any atom is -0.496 e. The van der Waals surface area contributed by atoms with Crippen molar-refractivity contribution in [1.29, 1.82) is 0 Å². The van der Waals surface area contributed by atoms with Gasteiger partial charge in [-0.1, -0.05) is 42.1 Å². The van der Waals surface area contributed by atoms with E-state index < -0.39 is 0 Å². The van der Waals surface area contributed by atoms with Crippen LogP contribution in [0.15, 0.2) is 59.9 Å². The number of Topliss-reactive ketones (excluding diaryl/α,β-unsaturated/α-hetero) is 1. The molecule has 0 bridgehead atoms. The Kier molecular flexibility index (Phi) is 6.55. The molecule has 1 saturated heterocycles. The first-order chi connectivity index (χ1) is 14.7. The van der Waals surface area contributed by atoms with Crippen LogP contribution < -0.4 is 4.74 Å². The van der Waals surface area contributed by atoms with E-state index in [4.69, 9.17) is 14.5 Å². The highest BCUT2D eigenvalue weighted by molar-refractivity contribution is 7.98. The topological polar surface area (TPSA) is 53.3 Å². The van der Waals surface area contributed by atoms with Gasteiger partial charge in [-0.15, -0.1) is 0 Å². The van der Waals surface area contributed by atoms with Crippen LogP contribution in [0.4, 0.5) is 0 Å². The average Bonchev–Trinajstić information content (AvgIpc) is 3.43. The predicted octanol–water partition coefficient (Wildman–Crippen LogP) is 5.23. The molecule has 30 heavy (non-hydrogen) atoms. The molecule has 0 N–H and O–H groups in total. The van der Waals surface area contributed by atoms with Crippen LogP contribution in [-0.4, -0.2) is 35.2 Å². The van der Waals surface area contributed by atoms with E-state index in [1.165, 1.54) is 0 Å². The SMILES string of the molecule is COc1ccc(C(C)=O)cc1CSc1ncc(-c2ccccc2)n1CC1CCCO1. The number of hydrogen-bond donors (Lipinski definition) is 0. The average molecular weight is 423 g/mol. The number of methoxy groups -OCH3 is 1. The first-order valence-corrected chi connectivity index (χ1v) is 11.2. The molecule has 3 aromatic rings. The van der Waals surface area contributed by atoms with Gasteiger partial charge in [0.25, 0.3) is 0 Å². The van der Waals surface area contributed by atoms with Gasteiger partial charge in [-0.05, 0) is 43.5 Å². The Balaban J connectivity index is 1.62. The Morgan fingerprint density at radius 1 is 1.27 bits per heavy atom. The second kappa shape index (κ2) is 9.49. The van der Waals surface area contributed by atoms with E-state index in [1.807, 2.05) is 36.5 Å². The molecule has 2 aromatic carbocycles. The largest absolute Gasteiger partial charge is 0.496 e. The molecular formula is C24H26N2O3S. The van der Waals surface area contributed by atoms with Crippen molar-refractivity contribution in [1.82, 2.24) is 9.55 Å². The predicted molar refractivity (Wildman–Crippen MR) is 119 cm³/mol. The van der Waals surface area contributed by atoms with Gasteiger partial charge in [0.1, 0.15) is 5.75 Å². The summed E-state index contributed by atoms with van der Waals surface area (Å²) >= 11 is 1.65. The van der Waals surface area contributed by atoms with Crippen molar-refractivity contribution in [3.8, 4) is 17.0 Å². The lowest BCUT2D eigenvalue weighted by atomic mass is 10.1. The molecule has 1 aliphatic rings. The van der Waals surface area contributed by atoms with Gasteiger partial charge >= 0.3 is 0 Å². The van der Waals surface area contributed by atoms with Crippen LogP contribution in [-0.2, 0) is 17.0 Å². The number of ketones is 1. The molecule has 0 aliphatic carbocycles. The molecule has 0 spiro atoms. The second-order valence-electron chi connectivity index (χ2n) is 7.41. The Hall–Kier alpha value is -2.57. The maximum atomic E-state index is 11.8. The highest BCUT2D eigenvalue weighted by Crippen LogP contribution is 2.32. The molecular weight excluding hydrogens is 396 g/mol. The van der Waals surface area contributed by atoms with Crippen LogP contribution in [0, 0.1) is 0 Å². The summed E-state index contributed by atoms with van der Waals surface area (Å²) in [6, 6.07) is 15.9. The molecule has 6 heteroatoms. The molecule has 156 valence electrons. The standard InChI is InChI=1S/C24H26N2O3S/c1-17(27)19-10-11-23(28-2)20(13-19)16-30-24-25-14-22(18-7-4-3-5-8-18)26(24)15-21-9-6-12-29-21/h3-5,7-8,10-11,13-14,21H,6,9,12,15-16H2,1-2H3. The van der Waals surface area contributed by atoms with Crippen LogP contribution >= 0.6 is 11.8 Å². The third-order valence-electron chi connectivity index (χ3n) is 5.34. The fraction of sp³-hybridized carbons (Fsp3) is 0.333. The summed E-state index contributed by atoms with van der Waals surface area (Å²) in [5.74, 6) is 1.50. The number of carbonyl (C=O) groups excluding carboxylic acids is 1. The van der Waals surface area contributed by atoms with E-state index in [9.17, 15) is 4.79 Å². The quantitative estimate of drug-likeness (QED) is 0.367. The molecule has 2 heterocycles. The zero-order valence-electron chi connectivity index (χ0n) is 17.3. The third kappa shape index (κ3) is 4.60. The summed E-state index contributed by atoms with van der Waals surface area (Å²) in [5, 5.41) is 0.944. The Morgan fingerprint density at radius 3 is 2.80 bits per heavy atom. The van der Waals surface area contributed by atoms with Crippen LogP contribution in [0.25, 0.3) is 11.3 Å². The van der Waals surface area contributed by atoms with E-state index >= 15 is 0 Å². The Morgan fingerprint density at radius 2 is 2.10 bits per heavy atom. The van der Waals surface area contributed by atoms with Gasteiger partial charge in [0.05, 0.1) is 31.6 Å². The van der Waals surface area contributed by atoms with Gasteiger partial charge in [-0.2, -0.15) is 0 Å². The van der Waals surface area contributed by atoms with Gasteiger partial charge in [0.15, 0.2) is 10.9 Å². The number of rotatable bonds is 8. The zero-order chi connectivity index (χ0) is 20.9. The van der Waals surface area contributed by atoms with Crippen molar-refractivity contribution in [2.45, 2.75) is 43.3 Å². The third-order valence-corrected chi connectivity index (χ3v) is 6.38.